The monoisotopic (exact) mass is 263 g/mol. The van der Waals surface area contributed by atoms with Crippen LogP contribution in [0, 0.1) is 3.57 Å². The molecule has 1 aromatic rings. The zero-order valence-electron chi connectivity index (χ0n) is 5.87. The van der Waals surface area contributed by atoms with E-state index >= 15 is 0 Å². The second-order valence-corrected chi connectivity index (χ2v) is 3.01. The van der Waals surface area contributed by atoms with E-state index in [2.05, 4.69) is 9.72 Å². The Morgan fingerprint density at radius 2 is 2.45 bits per heavy atom. The fraction of sp³-hybridized carbons (Fsp3) is 0.143. The minimum absolute atomic E-state index is 0.322. The number of methoxy groups -OCH3 is 1. The van der Waals surface area contributed by atoms with Crippen molar-refractivity contribution in [2.24, 2.45) is 0 Å². The van der Waals surface area contributed by atoms with Gasteiger partial charge < -0.3 is 4.74 Å². The van der Waals surface area contributed by atoms with Gasteiger partial charge in [0.1, 0.15) is 0 Å². The van der Waals surface area contributed by atoms with Gasteiger partial charge in [0, 0.05) is 16.0 Å². The Morgan fingerprint density at radius 1 is 1.73 bits per heavy atom. The van der Waals surface area contributed by atoms with Gasteiger partial charge in [0.05, 0.1) is 12.7 Å². The molecule has 0 N–H and O–H groups in total. The number of rotatable bonds is 1. The maximum Gasteiger partial charge on any atom is 0.339 e. The molecule has 0 aliphatic carbocycles. The maximum absolute atomic E-state index is 11.0. The molecule has 0 saturated carbocycles. The Kier molecular flexibility index (Phi) is 2.81. The molecule has 1 heterocycles. The molecule has 0 fully saturated rings. The van der Waals surface area contributed by atoms with Gasteiger partial charge in [-0.3, -0.25) is 4.98 Å². The van der Waals surface area contributed by atoms with Crippen LogP contribution in [-0.4, -0.2) is 18.1 Å². The molecule has 1 rings (SSSR count). The molecule has 58 valence electrons. The summed E-state index contributed by atoms with van der Waals surface area (Å²) >= 11 is 2.04. The highest BCUT2D eigenvalue weighted by molar-refractivity contribution is 14.1. The molecule has 0 spiro atoms. The smallest absolute Gasteiger partial charge is 0.339 e. The number of pyridine rings is 1. The molecular weight excluding hydrogens is 257 g/mol. The topological polar surface area (TPSA) is 39.2 Å². The lowest BCUT2D eigenvalue weighted by molar-refractivity contribution is 0.0599. The van der Waals surface area contributed by atoms with E-state index in [4.69, 9.17) is 0 Å². The summed E-state index contributed by atoms with van der Waals surface area (Å²) in [6, 6.07) is 1.63. The van der Waals surface area contributed by atoms with Crippen LogP contribution in [0.25, 0.3) is 0 Å². The minimum Gasteiger partial charge on any atom is -0.465 e. The lowest BCUT2D eigenvalue weighted by Gasteiger charge is -1.99. The average molecular weight is 263 g/mol. The van der Waals surface area contributed by atoms with Gasteiger partial charge in [-0.1, -0.05) is 0 Å². The van der Waals surface area contributed by atoms with Crippen LogP contribution in [0.3, 0.4) is 0 Å². The van der Waals surface area contributed by atoms with Crippen LogP contribution in [0.1, 0.15) is 10.4 Å². The van der Waals surface area contributed by atoms with Crippen LogP contribution in [0.2, 0.25) is 0 Å². The van der Waals surface area contributed by atoms with E-state index in [1.165, 1.54) is 7.11 Å². The molecule has 0 aliphatic heterocycles. The summed E-state index contributed by atoms with van der Waals surface area (Å²) < 4.78 is 5.35. The van der Waals surface area contributed by atoms with Gasteiger partial charge >= 0.3 is 5.97 Å². The highest BCUT2D eigenvalue weighted by Gasteiger charge is 2.07. The summed E-state index contributed by atoms with van der Waals surface area (Å²) in [6.07, 6.45) is 3.18. The Labute approximate surface area is 77.9 Å². The minimum atomic E-state index is -0.322. The number of esters is 1. The van der Waals surface area contributed by atoms with Crippen molar-refractivity contribution in [3.63, 3.8) is 0 Å². The third kappa shape index (κ3) is 1.89. The summed E-state index contributed by atoms with van der Waals surface area (Å²) in [6.45, 7) is 0. The molecule has 0 atom stereocenters. The van der Waals surface area contributed by atoms with Crippen LogP contribution in [0.4, 0.5) is 0 Å². The average Bonchev–Trinajstić information content (AvgIpc) is 2.04. The first-order chi connectivity index (χ1) is 5.25. The molecule has 4 heteroatoms. The Balaban J connectivity index is 3.03. The number of nitrogens with zero attached hydrogens (tertiary/aromatic N) is 1. The Morgan fingerprint density at radius 3 is 3.00 bits per heavy atom. The molecule has 0 saturated heterocycles. The second kappa shape index (κ2) is 3.66. The number of carbonyl (C=O) groups excluding carboxylic acids is 1. The molecule has 0 bridgehead atoms. The number of aromatic nitrogens is 1. The molecule has 0 amide bonds. The van der Waals surface area contributed by atoms with E-state index in [-0.39, 0.29) is 5.97 Å². The van der Waals surface area contributed by atoms with E-state index in [9.17, 15) is 4.79 Å². The zero-order valence-corrected chi connectivity index (χ0v) is 8.03. The van der Waals surface area contributed by atoms with Gasteiger partial charge in [-0.15, -0.1) is 0 Å². The van der Waals surface area contributed by atoms with Crippen molar-refractivity contribution in [3.05, 3.63) is 27.6 Å². The first-order valence-electron chi connectivity index (χ1n) is 2.93. The Bertz CT molecular complexity index is 275. The molecule has 3 nitrogen and oxygen atoms in total. The third-order valence-corrected chi connectivity index (χ3v) is 2.04. The van der Waals surface area contributed by atoms with Gasteiger partial charge in [-0.2, -0.15) is 0 Å². The van der Waals surface area contributed by atoms with Crippen molar-refractivity contribution >= 4 is 28.6 Å². The molecular formula is C7H6INO2. The predicted molar refractivity (Wildman–Crippen MR) is 48.3 cm³/mol. The third-order valence-electron chi connectivity index (χ3n) is 1.18. The van der Waals surface area contributed by atoms with Crippen LogP contribution >= 0.6 is 22.6 Å². The summed E-state index contributed by atoms with van der Waals surface area (Å²) in [5.74, 6) is -0.322. The van der Waals surface area contributed by atoms with Gasteiger partial charge in [-0.25, -0.2) is 4.79 Å². The maximum atomic E-state index is 11.0. The first kappa shape index (κ1) is 8.45. The molecule has 1 aromatic heterocycles. The zero-order chi connectivity index (χ0) is 8.27. The largest absolute Gasteiger partial charge is 0.465 e. The van der Waals surface area contributed by atoms with Crippen LogP contribution in [-0.2, 0) is 4.74 Å². The van der Waals surface area contributed by atoms with E-state index in [1.54, 1.807) is 18.5 Å². The van der Waals surface area contributed by atoms with E-state index in [0.29, 0.717) is 5.56 Å². The normalized spacial score (nSPS) is 9.27. The van der Waals surface area contributed by atoms with Gasteiger partial charge in [0.25, 0.3) is 0 Å². The van der Waals surface area contributed by atoms with Crippen molar-refractivity contribution < 1.29 is 9.53 Å². The van der Waals surface area contributed by atoms with Crippen molar-refractivity contribution in [1.82, 2.24) is 4.98 Å². The lowest BCUT2D eigenvalue weighted by atomic mass is 10.3. The summed E-state index contributed by atoms with van der Waals surface area (Å²) in [5.41, 5.74) is 0.558. The highest BCUT2D eigenvalue weighted by Crippen LogP contribution is 2.10. The first-order valence-corrected chi connectivity index (χ1v) is 4.01. The van der Waals surface area contributed by atoms with E-state index < -0.39 is 0 Å². The quantitative estimate of drug-likeness (QED) is 0.569. The van der Waals surface area contributed by atoms with Crippen molar-refractivity contribution in [1.29, 1.82) is 0 Å². The summed E-state index contributed by atoms with van der Waals surface area (Å²) in [4.78, 5) is 14.8. The standard InChI is InChI=1S/C7H6INO2/c1-11-7(10)5-2-3-9-4-6(5)8/h2-4H,1H3. The molecule has 0 aliphatic rings. The molecule has 0 unspecified atom stereocenters. The highest BCUT2D eigenvalue weighted by atomic mass is 127. The number of hydrogen-bond donors (Lipinski definition) is 0. The van der Waals surface area contributed by atoms with E-state index in [1.807, 2.05) is 22.6 Å². The molecule has 11 heavy (non-hydrogen) atoms. The number of ether oxygens (including phenoxy) is 1. The SMILES string of the molecule is COC(=O)c1ccncc1I. The van der Waals surface area contributed by atoms with Crippen molar-refractivity contribution in [2.75, 3.05) is 7.11 Å². The summed E-state index contributed by atoms with van der Waals surface area (Å²) in [5, 5.41) is 0. The van der Waals surface area contributed by atoms with Crippen molar-refractivity contribution in [2.45, 2.75) is 0 Å². The van der Waals surface area contributed by atoms with Gasteiger partial charge in [0.2, 0.25) is 0 Å². The second-order valence-electron chi connectivity index (χ2n) is 1.85. The predicted octanol–water partition coefficient (Wildman–Crippen LogP) is 1.47. The number of hydrogen-bond acceptors (Lipinski definition) is 3. The van der Waals surface area contributed by atoms with Gasteiger partial charge in [-0.05, 0) is 28.7 Å². The summed E-state index contributed by atoms with van der Waals surface area (Å²) in [7, 11) is 1.36. The number of carbonyl (C=O) groups is 1. The van der Waals surface area contributed by atoms with E-state index in [0.717, 1.165) is 3.57 Å². The molecule has 0 aromatic carbocycles. The van der Waals surface area contributed by atoms with Gasteiger partial charge in [0.15, 0.2) is 0 Å². The Hall–Kier alpha value is -0.650. The fourth-order valence-corrected chi connectivity index (χ4v) is 1.21. The van der Waals surface area contributed by atoms with Crippen LogP contribution in [0.15, 0.2) is 18.5 Å². The van der Waals surface area contributed by atoms with Crippen LogP contribution < -0.4 is 0 Å². The number of halogens is 1. The fourth-order valence-electron chi connectivity index (χ4n) is 0.651. The van der Waals surface area contributed by atoms with Crippen molar-refractivity contribution in [3.8, 4) is 0 Å². The molecule has 0 radical (unpaired) electrons. The lowest BCUT2D eigenvalue weighted by Crippen LogP contribution is -2.03. The van der Waals surface area contributed by atoms with Crippen LogP contribution in [0.5, 0.6) is 0 Å².